The largest absolute Gasteiger partial charge is 0.481 e. The molecular weight excluding hydrogens is 266 g/mol. The predicted octanol–water partition coefficient (Wildman–Crippen LogP) is 2.44. The molecule has 21 heavy (non-hydrogen) atoms. The molecule has 3 rings (SSSR count). The molecule has 0 aliphatic carbocycles. The third-order valence-corrected chi connectivity index (χ3v) is 4.82. The van der Waals surface area contributed by atoms with Crippen molar-refractivity contribution in [1.82, 2.24) is 14.7 Å². The van der Waals surface area contributed by atoms with Gasteiger partial charge in [0, 0.05) is 26.2 Å². The van der Waals surface area contributed by atoms with Crippen LogP contribution in [-0.2, 0) is 11.8 Å². The van der Waals surface area contributed by atoms with E-state index < -0.39 is 0 Å². The monoisotopic (exact) mass is 293 g/mol. The second-order valence-electron chi connectivity index (χ2n) is 6.27. The first-order valence-electron chi connectivity index (χ1n) is 8.14. The summed E-state index contributed by atoms with van der Waals surface area (Å²) in [5.74, 6) is 0.911. The summed E-state index contributed by atoms with van der Waals surface area (Å²) in [4.78, 5) is 2.57. The number of hydrogen-bond acceptors (Lipinski definition) is 4. The lowest BCUT2D eigenvalue weighted by atomic mass is 10.0. The van der Waals surface area contributed by atoms with E-state index >= 15 is 0 Å². The van der Waals surface area contributed by atoms with Crippen LogP contribution in [0.2, 0.25) is 0 Å². The summed E-state index contributed by atoms with van der Waals surface area (Å²) in [6.07, 6.45) is 6.56. The minimum Gasteiger partial charge on any atom is -0.481 e. The lowest BCUT2D eigenvalue weighted by molar-refractivity contribution is -0.00823. The Labute approximate surface area is 127 Å². The van der Waals surface area contributed by atoms with Crippen LogP contribution >= 0.6 is 0 Å². The third-order valence-electron chi connectivity index (χ3n) is 4.82. The fourth-order valence-corrected chi connectivity index (χ4v) is 3.86. The fourth-order valence-electron chi connectivity index (χ4n) is 3.86. The van der Waals surface area contributed by atoms with Crippen molar-refractivity contribution < 1.29 is 9.47 Å². The Hall–Kier alpha value is -1.07. The summed E-state index contributed by atoms with van der Waals surface area (Å²) in [5, 5.41) is 4.54. The molecule has 0 amide bonds. The quantitative estimate of drug-likeness (QED) is 0.855. The molecule has 5 nitrogen and oxygen atoms in total. The molecule has 0 spiro atoms. The van der Waals surface area contributed by atoms with Gasteiger partial charge in [-0.25, -0.2) is 4.68 Å². The molecule has 2 aliphatic rings. The molecule has 3 heterocycles. The highest BCUT2D eigenvalue weighted by molar-refractivity contribution is 5.35. The van der Waals surface area contributed by atoms with Gasteiger partial charge < -0.3 is 9.47 Å². The highest BCUT2D eigenvalue weighted by Crippen LogP contribution is 2.39. The summed E-state index contributed by atoms with van der Waals surface area (Å²) in [7, 11) is 3.70. The first-order chi connectivity index (χ1) is 10.2. The Morgan fingerprint density at radius 2 is 2.14 bits per heavy atom. The molecule has 2 fully saturated rings. The van der Waals surface area contributed by atoms with Crippen LogP contribution < -0.4 is 4.74 Å². The van der Waals surface area contributed by atoms with Gasteiger partial charge in [-0.1, -0.05) is 0 Å². The van der Waals surface area contributed by atoms with Crippen molar-refractivity contribution >= 4 is 0 Å². The average Bonchev–Trinajstić information content (AvgIpc) is 3.03. The molecule has 2 atom stereocenters. The molecular formula is C16H27N3O2. The van der Waals surface area contributed by atoms with Crippen LogP contribution in [-0.4, -0.2) is 47.6 Å². The molecule has 1 aromatic heterocycles. The van der Waals surface area contributed by atoms with Gasteiger partial charge in [0.05, 0.1) is 24.5 Å². The van der Waals surface area contributed by atoms with E-state index in [9.17, 15) is 0 Å². The van der Waals surface area contributed by atoms with Crippen molar-refractivity contribution in [2.45, 2.75) is 51.2 Å². The molecule has 2 aliphatic heterocycles. The standard InChI is InChI=1S/C16H27N3O2/c1-12-15(16(20-3)18(2)17-12)14-8-6-9-19(14)11-13-7-4-5-10-21-13/h13-14H,4-11H2,1-3H3/t13-,14+/m0/s1. The van der Waals surface area contributed by atoms with E-state index in [4.69, 9.17) is 9.47 Å². The molecule has 0 bridgehead atoms. The van der Waals surface area contributed by atoms with Crippen LogP contribution in [0.1, 0.15) is 49.4 Å². The van der Waals surface area contributed by atoms with E-state index in [0.717, 1.165) is 31.3 Å². The maximum Gasteiger partial charge on any atom is 0.216 e. The van der Waals surface area contributed by atoms with Crippen LogP contribution in [0.15, 0.2) is 0 Å². The zero-order valence-corrected chi connectivity index (χ0v) is 13.5. The SMILES string of the molecule is COc1c([C@H]2CCCN2C[C@@H]2CCCCO2)c(C)nn1C. The molecule has 0 radical (unpaired) electrons. The Kier molecular flexibility index (Phi) is 4.50. The molecule has 2 saturated heterocycles. The second kappa shape index (κ2) is 6.36. The van der Waals surface area contributed by atoms with Gasteiger partial charge in [-0.15, -0.1) is 0 Å². The molecule has 0 aromatic carbocycles. The summed E-state index contributed by atoms with van der Waals surface area (Å²) in [6.45, 7) is 5.22. The summed E-state index contributed by atoms with van der Waals surface area (Å²) in [6, 6.07) is 0.430. The second-order valence-corrected chi connectivity index (χ2v) is 6.27. The number of nitrogens with zero attached hydrogens (tertiary/aromatic N) is 3. The molecule has 118 valence electrons. The van der Waals surface area contributed by atoms with Crippen LogP contribution in [0.5, 0.6) is 5.88 Å². The van der Waals surface area contributed by atoms with Gasteiger partial charge in [0.2, 0.25) is 5.88 Å². The predicted molar refractivity (Wildman–Crippen MR) is 81.6 cm³/mol. The molecule has 0 unspecified atom stereocenters. The zero-order chi connectivity index (χ0) is 14.8. The maximum absolute atomic E-state index is 5.92. The van der Waals surface area contributed by atoms with E-state index in [-0.39, 0.29) is 0 Å². The van der Waals surface area contributed by atoms with Crippen molar-refractivity contribution in [2.24, 2.45) is 7.05 Å². The van der Waals surface area contributed by atoms with Gasteiger partial charge in [0.25, 0.3) is 0 Å². The Balaban J connectivity index is 1.77. The minimum atomic E-state index is 0.405. The highest BCUT2D eigenvalue weighted by atomic mass is 16.5. The Morgan fingerprint density at radius 1 is 1.29 bits per heavy atom. The first kappa shape index (κ1) is 14.9. The fraction of sp³-hybridized carbons (Fsp3) is 0.812. The number of aryl methyl sites for hydroxylation is 2. The van der Waals surface area contributed by atoms with Crippen molar-refractivity contribution in [2.75, 3.05) is 26.8 Å². The number of ether oxygens (including phenoxy) is 2. The Bertz CT molecular complexity index is 480. The number of methoxy groups -OCH3 is 1. The molecule has 0 saturated carbocycles. The normalized spacial score (nSPS) is 27.2. The summed E-state index contributed by atoms with van der Waals surface area (Å²) >= 11 is 0. The molecule has 1 aromatic rings. The van der Waals surface area contributed by atoms with E-state index in [1.165, 1.54) is 37.7 Å². The highest BCUT2D eigenvalue weighted by Gasteiger charge is 2.33. The van der Waals surface area contributed by atoms with Crippen molar-refractivity contribution in [3.05, 3.63) is 11.3 Å². The van der Waals surface area contributed by atoms with Crippen molar-refractivity contribution in [3.63, 3.8) is 0 Å². The van der Waals surface area contributed by atoms with E-state index in [1.54, 1.807) is 7.11 Å². The topological polar surface area (TPSA) is 39.5 Å². The lowest BCUT2D eigenvalue weighted by Crippen LogP contribution is -2.35. The number of likely N-dealkylation sites (tertiary alicyclic amines) is 1. The van der Waals surface area contributed by atoms with E-state index in [1.807, 2.05) is 11.7 Å². The summed E-state index contributed by atoms with van der Waals surface area (Å²) in [5.41, 5.74) is 2.36. The Morgan fingerprint density at radius 3 is 2.86 bits per heavy atom. The minimum absolute atomic E-state index is 0.405. The molecule has 5 heteroatoms. The van der Waals surface area contributed by atoms with E-state index in [2.05, 4.69) is 16.9 Å². The van der Waals surface area contributed by atoms with Gasteiger partial charge >= 0.3 is 0 Å². The van der Waals surface area contributed by atoms with Crippen LogP contribution in [0.25, 0.3) is 0 Å². The van der Waals surface area contributed by atoms with Gasteiger partial charge in [-0.2, -0.15) is 5.10 Å². The van der Waals surface area contributed by atoms with Crippen molar-refractivity contribution in [1.29, 1.82) is 0 Å². The summed E-state index contributed by atoms with van der Waals surface area (Å²) < 4.78 is 13.4. The van der Waals surface area contributed by atoms with Crippen LogP contribution in [0.3, 0.4) is 0 Å². The maximum atomic E-state index is 5.92. The van der Waals surface area contributed by atoms with Crippen LogP contribution in [0, 0.1) is 6.92 Å². The van der Waals surface area contributed by atoms with Gasteiger partial charge in [0.1, 0.15) is 0 Å². The van der Waals surface area contributed by atoms with Gasteiger partial charge in [-0.05, 0) is 45.6 Å². The van der Waals surface area contributed by atoms with Crippen LogP contribution in [0.4, 0.5) is 0 Å². The number of rotatable bonds is 4. The lowest BCUT2D eigenvalue weighted by Gasteiger charge is -2.31. The number of hydrogen-bond donors (Lipinski definition) is 0. The molecule has 0 N–H and O–H groups in total. The van der Waals surface area contributed by atoms with Crippen molar-refractivity contribution in [3.8, 4) is 5.88 Å². The zero-order valence-electron chi connectivity index (χ0n) is 13.5. The smallest absolute Gasteiger partial charge is 0.216 e. The third kappa shape index (κ3) is 2.94. The first-order valence-corrected chi connectivity index (χ1v) is 8.14. The average molecular weight is 293 g/mol. The van der Waals surface area contributed by atoms with E-state index in [0.29, 0.717) is 12.1 Å². The van der Waals surface area contributed by atoms with Gasteiger partial charge in [0.15, 0.2) is 0 Å². The van der Waals surface area contributed by atoms with Gasteiger partial charge in [-0.3, -0.25) is 4.90 Å². The number of aromatic nitrogens is 2.